The van der Waals surface area contributed by atoms with Crippen molar-refractivity contribution in [3.63, 3.8) is 0 Å². The van der Waals surface area contributed by atoms with Crippen LogP contribution in [0, 0.1) is 13.8 Å². The minimum absolute atomic E-state index is 0.0656. The minimum atomic E-state index is -1.08. The summed E-state index contributed by atoms with van der Waals surface area (Å²) in [5.74, 6) is -1.23. The molecule has 0 aromatic heterocycles. The minimum Gasteiger partial charge on any atom is -0.452 e. The lowest BCUT2D eigenvalue weighted by molar-refractivity contribution is -0.151. The monoisotopic (exact) mass is 388 g/mol. The Balaban J connectivity index is 2.55. The molecule has 1 atom stereocenters. The van der Waals surface area contributed by atoms with Gasteiger partial charge in [0, 0.05) is 9.37 Å². The predicted molar refractivity (Wildman–Crippen MR) is 87.6 cm³/mol. The molecule has 0 spiro atoms. The Kier molecular flexibility index (Phi) is 6.89. The molecular weight excluding hydrogens is 372 g/mol. The summed E-state index contributed by atoms with van der Waals surface area (Å²) < 4.78 is 5.95. The van der Waals surface area contributed by atoms with Gasteiger partial charge in [0.1, 0.15) is 0 Å². The number of hydrogen-bond donors (Lipinski definition) is 2. The summed E-state index contributed by atoms with van der Waals surface area (Å²) in [6.45, 7) is 5.28. The van der Waals surface area contributed by atoms with Crippen LogP contribution < -0.4 is 11.1 Å². The fourth-order valence-electron chi connectivity index (χ4n) is 1.55. The third kappa shape index (κ3) is 5.69. The molecule has 3 N–H and O–H groups in total. The average molecular weight is 389 g/mol. The second kappa shape index (κ2) is 8.19. The van der Waals surface area contributed by atoms with E-state index in [-0.39, 0.29) is 5.75 Å². The van der Waals surface area contributed by atoms with Gasteiger partial charge in [-0.05, 0) is 44.0 Å². The highest BCUT2D eigenvalue weighted by Gasteiger charge is 2.19. The topological polar surface area (TPSA) is 98.5 Å². The van der Waals surface area contributed by atoms with E-state index in [1.807, 2.05) is 31.3 Å². The second-order valence-electron chi connectivity index (χ2n) is 4.64. The number of rotatable bonds is 5. The van der Waals surface area contributed by atoms with E-state index < -0.39 is 24.0 Å². The summed E-state index contributed by atoms with van der Waals surface area (Å²) in [5.41, 5.74) is 6.92. The van der Waals surface area contributed by atoms with Gasteiger partial charge in [-0.25, -0.2) is 4.79 Å². The Bertz CT molecular complexity index is 607. The van der Waals surface area contributed by atoms with E-state index in [1.165, 1.54) is 18.7 Å². The number of nitrogens with two attached hydrogens (primary N) is 1. The number of urea groups is 1. The molecule has 0 fully saturated rings. The van der Waals surface area contributed by atoms with Crippen molar-refractivity contribution in [2.75, 3.05) is 5.75 Å². The number of ether oxygens (including phenoxy) is 1. The summed E-state index contributed by atoms with van der Waals surface area (Å²) in [7, 11) is 0. The van der Waals surface area contributed by atoms with E-state index in [9.17, 15) is 14.4 Å². The fraction of sp³-hybridized carbons (Fsp3) is 0.357. The van der Waals surface area contributed by atoms with Gasteiger partial charge in [-0.2, -0.15) is 0 Å². The van der Waals surface area contributed by atoms with Crippen molar-refractivity contribution in [2.24, 2.45) is 5.73 Å². The number of benzene rings is 1. The highest BCUT2D eigenvalue weighted by molar-refractivity contribution is 9.10. The second-order valence-corrected chi connectivity index (χ2v) is 6.51. The number of esters is 1. The molecule has 0 radical (unpaired) electrons. The lowest BCUT2D eigenvalue weighted by atomic mass is 10.2. The normalized spacial score (nSPS) is 11.6. The molecule has 0 aliphatic heterocycles. The van der Waals surface area contributed by atoms with Crippen molar-refractivity contribution in [3.8, 4) is 0 Å². The summed E-state index contributed by atoms with van der Waals surface area (Å²) in [5, 5.41) is 1.86. The van der Waals surface area contributed by atoms with Crippen LogP contribution in [0.3, 0.4) is 0 Å². The lowest BCUT2D eigenvalue weighted by Crippen LogP contribution is -2.42. The molecule has 0 aliphatic rings. The smallest absolute Gasteiger partial charge is 0.318 e. The lowest BCUT2D eigenvalue weighted by Gasteiger charge is -2.12. The molecule has 0 bridgehead atoms. The quantitative estimate of drug-likeness (QED) is 0.595. The highest BCUT2D eigenvalue weighted by Crippen LogP contribution is 2.28. The van der Waals surface area contributed by atoms with Crippen LogP contribution >= 0.6 is 27.7 Å². The first-order valence-electron chi connectivity index (χ1n) is 6.40. The first kappa shape index (κ1) is 18.5. The molecular formula is C14H17BrN2O4S. The summed E-state index contributed by atoms with van der Waals surface area (Å²) in [4.78, 5) is 34.6. The maximum absolute atomic E-state index is 11.7. The number of nitrogens with one attached hydrogen (secondary N) is 1. The number of carbonyl (C=O) groups excluding carboxylic acids is 3. The molecule has 0 saturated heterocycles. The molecule has 8 heteroatoms. The van der Waals surface area contributed by atoms with E-state index in [4.69, 9.17) is 10.5 Å². The Labute approximate surface area is 141 Å². The molecule has 3 amide bonds. The van der Waals surface area contributed by atoms with E-state index in [1.54, 1.807) is 0 Å². The SMILES string of the molecule is Cc1cc(SCC(=O)O[C@H](C)C(=O)NC(N)=O)c(C)cc1Br. The largest absolute Gasteiger partial charge is 0.452 e. The van der Waals surface area contributed by atoms with E-state index in [0.29, 0.717) is 0 Å². The third-order valence-electron chi connectivity index (χ3n) is 2.73. The Morgan fingerprint density at radius 1 is 1.32 bits per heavy atom. The zero-order chi connectivity index (χ0) is 16.9. The van der Waals surface area contributed by atoms with Crippen LogP contribution in [0.25, 0.3) is 0 Å². The van der Waals surface area contributed by atoms with Crippen LogP contribution in [0.2, 0.25) is 0 Å². The van der Waals surface area contributed by atoms with Gasteiger partial charge in [0.15, 0.2) is 6.10 Å². The Morgan fingerprint density at radius 3 is 2.55 bits per heavy atom. The molecule has 1 rings (SSSR count). The number of aryl methyl sites for hydroxylation is 2. The van der Waals surface area contributed by atoms with Gasteiger partial charge in [0.25, 0.3) is 5.91 Å². The van der Waals surface area contributed by atoms with Crippen molar-refractivity contribution in [1.29, 1.82) is 0 Å². The molecule has 0 saturated carbocycles. The van der Waals surface area contributed by atoms with Gasteiger partial charge in [-0.1, -0.05) is 15.9 Å². The van der Waals surface area contributed by atoms with Crippen molar-refractivity contribution in [2.45, 2.75) is 31.8 Å². The van der Waals surface area contributed by atoms with Gasteiger partial charge in [-0.3, -0.25) is 14.9 Å². The summed E-state index contributed by atoms with van der Waals surface area (Å²) >= 11 is 4.77. The highest BCUT2D eigenvalue weighted by atomic mass is 79.9. The molecule has 0 aliphatic carbocycles. The predicted octanol–water partition coefficient (Wildman–Crippen LogP) is 2.28. The number of halogens is 1. The van der Waals surface area contributed by atoms with Crippen LogP contribution in [-0.2, 0) is 14.3 Å². The molecule has 0 unspecified atom stereocenters. The first-order chi connectivity index (χ1) is 10.2. The number of imide groups is 1. The number of primary amides is 1. The fourth-order valence-corrected chi connectivity index (χ4v) is 2.90. The van der Waals surface area contributed by atoms with Crippen molar-refractivity contribution >= 4 is 45.6 Å². The Morgan fingerprint density at radius 2 is 1.95 bits per heavy atom. The Hall–Kier alpha value is -1.54. The molecule has 120 valence electrons. The number of carbonyl (C=O) groups is 3. The van der Waals surface area contributed by atoms with E-state index in [2.05, 4.69) is 15.9 Å². The summed E-state index contributed by atoms with van der Waals surface area (Å²) in [6, 6.07) is 2.97. The van der Waals surface area contributed by atoms with Gasteiger partial charge < -0.3 is 10.5 Å². The van der Waals surface area contributed by atoms with Crippen LogP contribution in [-0.4, -0.2) is 29.8 Å². The zero-order valence-electron chi connectivity index (χ0n) is 12.4. The number of thioether (sulfide) groups is 1. The maximum atomic E-state index is 11.7. The van der Waals surface area contributed by atoms with E-state index in [0.717, 1.165) is 20.5 Å². The molecule has 6 nitrogen and oxygen atoms in total. The molecule has 1 aromatic rings. The van der Waals surface area contributed by atoms with Gasteiger partial charge >= 0.3 is 12.0 Å². The van der Waals surface area contributed by atoms with Crippen molar-refractivity contribution < 1.29 is 19.1 Å². The first-order valence-corrected chi connectivity index (χ1v) is 8.18. The molecule has 22 heavy (non-hydrogen) atoms. The van der Waals surface area contributed by atoms with Crippen LogP contribution in [0.1, 0.15) is 18.1 Å². The van der Waals surface area contributed by atoms with E-state index >= 15 is 0 Å². The molecule has 1 aromatic carbocycles. The molecule has 0 heterocycles. The number of amides is 3. The van der Waals surface area contributed by atoms with Gasteiger partial charge in [0.05, 0.1) is 5.75 Å². The zero-order valence-corrected chi connectivity index (χ0v) is 14.8. The number of hydrogen-bond acceptors (Lipinski definition) is 5. The van der Waals surface area contributed by atoms with Crippen molar-refractivity contribution in [3.05, 3.63) is 27.7 Å². The maximum Gasteiger partial charge on any atom is 0.318 e. The average Bonchev–Trinajstić information content (AvgIpc) is 2.40. The van der Waals surface area contributed by atoms with Crippen molar-refractivity contribution in [1.82, 2.24) is 5.32 Å². The standard InChI is InChI=1S/C14H17BrN2O4S/c1-7-5-11(8(2)4-10(7)15)22-6-12(18)21-9(3)13(19)17-14(16)20/h4-5,9H,6H2,1-3H3,(H3,16,17,19,20)/t9-/m1/s1. The van der Waals surface area contributed by atoms with Gasteiger partial charge in [-0.15, -0.1) is 11.8 Å². The third-order valence-corrected chi connectivity index (χ3v) is 4.71. The summed E-state index contributed by atoms with van der Waals surface area (Å²) in [6.07, 6.45) is -1.08. The van der Waals surface area contributed by atoms with Crippen LogP contribution in [0.5, 0.6) is 0 Å². The van der Waals surface area contributed by atoms with Crippen LogP contribution in [0.15, 0.2) is 21.5 Å². The van der Waals surface area contributed by atoms with Gasteiger partial charge in [0.2, 0.25) is 0 Å². The van der Waals surface area contributed by atoms with Crippen LogP contribution in [0.4, 0.5) is 4.79 Å².